The summed E-state index contributed by atoms with van der Waals surface area (Å²) in [4.78, 5) is 48.3. The van der Waals surface area contributed by atoms with Crippen LogP contribution in [0.4, 0.5) is 5.69 Å². The van der Waals surface area contributed by atoms with E-state index in [2.05, 4.69) is 5.32 Å². The highest BCUT2D eigenvalue weighted by Gasteiger charge is 2.27. The lowest BCUT2D eigenvalue weighted by molar-refractivity contribution is -0.116. The highest BCUT2D eigenvalue weighted by Crippen LogP contribution is 2.32. The first-order valence-electron chi connectivity index (χ1n) is 8.62. The lowest BCUT2D eigenvalue weighted by Gasteiger charge is -2.07. The number of anilines is 1. The molecular weight excluding hydrogens is 362 g/mol. The van der Waals surface area contributed by atoms with Gasteiger partial charge in [0.25, 0.3) is 0 Å². The van der Waals surface area contributed by atoms with Crippen LogP contribution in [0.3, 0.4) is 0 Å². The van der Waals surface area contributed by atoms with Gasteiger partial charge in [-0.3, -0.25) is 9.59 Å². The van der Waals surface area contributed by atoms with Crippen molar-refractivity contribution in [3.05, 3.63) is 75.6 Å². The summed E-state index contributed by atoms with van der Waals surface area (Å²) < 4.78 is 10.1. The van der Waals surface area contributed by atoms with Crippen molar-refractivity contribution in [2.75, 3.05) is 11.9 Å². The molecule has 0 fully saturated rings. The van der Waals surface area contributed by atoms with E-state index in [1.807, 2.05) is 0 Å². The smallest absolute Gasteiger partial charge is 0.351 e. The molecule has 0 bridgehead atoms. The zero-order valence-electron chi connectivity index (χ0n) is 14.9. The fraction of sp³-hybridized carbons (Fsp3) is 0.143. The number of fused-ring (bicyclic) bond motifs is 2. The van der Waals surface area contributed by atoms with Crippen LogP contribution in [-0.2, 0) is 9.53 Å². The van der Waals surface area contributed by atoms with Crippen LogP contribution in [-0.4, -0.2) is 24.3 Å². The molecule has 7 nitrogen and oxygen atoms in total. The van der Waals surface area contributed by atoms with Gasteiger partial charge in [0.15, 0.2) is 12.4 Å². The summed E-state index contributed by atoms with van der Waals surface area (Å²) in [6, 6.07) is 12.9. The average molecular weight is 377 g/mol. The predicted octanol–water partition coefficient (Wildman–Crippen LogP) is 2.89. The van der Waals surface area contributed by atoms with E-state index >= 15 is 0 Å². The van der Waals surface area contributed by atoms with Crippen molar-refractivity contribution in [1.29, 1.82) is 0 Å². The van der Waals surface area contributed by atoms with E-state index in [0.29, 0.717) is 22.2 Å². The van der Waals surface area contributed by atoms with Gasteiger partial charge >= 0.3 is 11.6 Å². The minimum atomic E-state index is -0.931. The standard InChI is InChI=1S/C21H15NO6/c1-11-14-8-12(6-7-16(14)22-19(11)24)17(23)10-27-20(25)15-9-13-4-2-3-5-18(13)28-21(15)26/h2-9,11H,10H2,1H3,(H,22,24)/t11-/m1/s1. The molecule has 1 aliphatic heterocycles. The molecule has 0 unspecified atom stereocenters. The number of carbonyl (C=O) groups is 3. The molecule has 0 saturated carbocycles. The third-order valence-electron chi connectivity index (χ3n) is 4.69. The normalized spacial score (nSPS) is 15.2. The molecule has 2 aromatic carbocycles. The van der Waals surface area contributed by atoms with Crippen LogP contribution >= 0.6 is 0 Å². The van der Waals surface area contributed by atoms with Gasteiger partial charge in [0.2, 0.25) is 5.91 Å². The van der Waals surface area contributed by atoms with Crippen molar-refractivity contribution in [3.8, 4) is 0 Å². The van der Waals surface area contributed by atoms with E-state index in [0.717, 1.165) is 5.56 Å². The lowest BCUT2D eigenvalue weighted by atomic mass is 9.99. The van der Waals surface area contributed by atoms with Gasteiger partial charge < -0.3 is 14.5 Å². The molecule has 0 aliphatic carbocycles. The zero-order valence-corrected chi connectivity index (χ0v) is 14.9. The van der Waals surface area contributed by atoms with Crippen molar-refractivity contribution in [2.24, 2.45) is 0 Å². The zero-order chi connectivity index (χ0) is 19.8. The van der Waals surface area contributed by atoms with Crippen LogP contribution in [0.1, 0.15) is 39.1 Å². The molecule has 1 atom stereocenters. The molecule has 140 valence electrons. The minimum Gasteiger partial charge on any atom is -0.453 e. The molecule has 4 rings (SSSR count). The van der Waals surface area contributed by atoms with E-state index in [1.54, 1.807) is 49.4 Å². The van der Waals surface area contributed by atoms with Crippen molar-refractivity contribution < 1.29 is 23.5 Å². The Labute approximate surface area is 158 Å². The molecule has 0 radical (unpaired) electrons. The monoisotopic (exact) mass is 377 g/mol. The minimum absolute atomic E-state index is 0.131. The number of hydrogen-bond donors (Lipinski definition) is 1. The Morgan fingerprint density at radius 2 is 1.89 bits per heavy atom. The summed E-state index contributed by atoms with van der Waals surface area (Å²) in [5, 5.41) is 3.30. The number of hydrogen-bond acceptors (Lipinski definition) is 6. The number of carbonyl (C=O) groups excluding carboxylic acids is 3. The van der Waals surface area contributed by atoms with Crippen LogP contribution in [0.5, 0.6) is 0 Å². The van der Waals surface area contributed by atoms with Crippen molar-refractivity contribution in [2.45, 2.75) is 12.8 Å². The fourth-order valence-corrected chi connectivity index (χ4v) is 3.09. The van der Waals surface area contributed by atoms with Gasteiger partial charge in [-0.2, -0.15) is 0 Å². The first kappa shape index (κ1) is 17.7. The lowest BCUT2D eigenvalue weighted by Crippen LogP contribution is -2.20. The molecule has 28 heavy (non-hydrogen) atoms. The molecule has 3 aromatic rings. The Morgan fingerprint density at radius 1 is 1.11 bits per heavy atom. The first-order valence-corrected chi connectivity index (χ1v) is 8.62. The largest absolute Gasteiger partial charge is 0.453 e. The number of ketones is 1. The number of Topliss-reactive ketones (excluding diaryl/α,β-unsaturated/α-hetero) is 1. The topological polar surface area (TPSA) is 103 Å². The number of nitrogens with one attached hydrogen (secondary N) is 1. The van der Waals surface area contributed by atoms with Crippen molar-refractivity contribution in [3.63, 3.8) is 0 Å². The Bertz CT molecular complexity index is 1190. The van der Waals surface area contributed by atoms with Crippen molar-refractivity contribution in [1.82, 2.24) is 0 Å². The number of para-hydroxylation sites is 1. The second-order valence-electron chi connectivity index (χ2n) is 6.50. The van der Waals surface area contributed by atoms with E-state index in [9.17, 15) is 19.2 Å². The van der Waals surface area contributed by atoms with Gasteiger partial charge in [-0.15, -0.1) is 0 Å². The van der Waals surface area contributed by atoms with Crippen LogP contribution in [0, 0.1) is 0 Å². The maximum absolute atomic E-state index is 12.4. The number of esters is 1. The second kappa shape index (κ2) is 6.77. The summed E-state index contributed by atoms with van der Waals surface area (Å²) in [5.74, 6) is -1.85. The van der Waals surface area contributed by atoms with Crippen molar-refractivity contribution >= 4 is 34.3 Å². The SMILES string of the molecule is C[C@H]1C(=O)Nc2ccc(C(=O)COC(=O)c3cc4ccccc4oc3=O)cc21. The Balaban J connectivity index is 1.50. The molecule has 0 spiro atoms. The number of rotatable bonds is 4. The summed E-state index contributed by atoms with van der Waals surface area (Å²) in [7, 11) is 0. The molecule has 1 amide bonds. The molecule has 7 heteroatoms. The summed E-state index contributed by atoms with van der Waals surface area (Å²) in [5.41, 5.74) is 0.962. The third-order valence-corrected chi connectivity index (χ3v) is 4.69. The fourth-order valence-electron chi connectivity index (χ4n) is 3.09. The summed E-state index contributed by atoms with van der Waals surface area (Å²) >= 11 is 0. The van der Waals surface area contributed by atoms with E-state index in [1.165, 1.54) is 6.07 Å². The maximum atomic E-state index is 12.4. The van der Waals surface area contributed by atoms with Gasteiger partial charge in [-0.05, 0) is 42.8 Å². The Morgan fingerprint density at radius 3 is 2.71 bits per heavy atom. The van der Waals surface area contributed by atoms with Crippen LogP contribution < -0.4 is 10.9 Å². The van der Waals surface area contributed by atoms with Crippen LogP contribution in [0.2, 0.25) is 0 Å². The first-order chi connectivity index (χ1) is 13.4. The summed E-state index contributed by atoms with van der Waals surface area (Å²) in [6.45, 7) is 1.22. The van der Waals surface area contributed by atoms with Gasteiger partial charge in [0.1, 0.15) is 11.1 Å². The van der Waals surface area contributed by atoms with E-state index in [4.69, 9.17) is 9.15 Å². The Kier molecular flexibility index (Phi) is 4.27. The van der Waals surface area contributed by atoms with Gasteiger partial charge in [0, 0.05) is 16.6 Å². The molecule has 1 aromatic heterocycles. The maximum Gasteiger partial charge on any atom is 0.351 e. The van der Waals surface area contributed by atoms with Crippen LogP contribution in [0.25, 0.3) is 11.0 Å². The highest BCUT2D eigenvalue weighted by molar-refractivity contribution is 6.05. The number of ether oxygens (including phenoxy) is 1. The molecule has 2 heterocycles. The summed E-state index contributed by atoms with van der Waals surface area (Å²) in [6.07, 6.45) is 0. The van der Waals surface area contributed by atoms with Gasteiger partial charge in [-0.25, -0.2) is 9.59 Å². The van der Waals surface area contributed by atoms with Gasteiger partial charge in [-0.1, -0.05) is 18.2 Å². The average Bonchev–Trinajstić information content (AvgIpc) is 2.98. The highest BCUT2D eigenvalue weighted by atomic mass is 16.5. The molecule has 0 saturated heterocycles. The third kappa shape index (κ3) is 3.07. The number of amides is 1. The quantitative estimate of drug-likeness (QED) is 0.426. The van der Waals surface area contributed by atoms with E-state index in [-0.39, 0.29) is 17.4 Å². The molecule has 1 N–H and O–H groups in total. The second-order valence-corrected chi connectivity index (χ2v) is 6.50. The Hall–Kier alpha value is -3.74. The predicted molar refractivity (Wildman–Crippen MR) is 101 cm³/mol. The van der Waals surface area contributed by atoms with E-state index < -0.39 is 24.0 Å². The van der Waals surface area contributed by atoms with Gasteiger partial charge in [0.05, 0.1) is 5.92 Å². The molecular formula is C21H15NO6. The molecule has 1 aliphatic rings. The van der Waals surface area contributed by atoms with Crippen LogP contribution in [0.15, 0.2) is 57.7 Å². The number of benzene rings is 2.